The van der Waals surface area contributed by atoms with Gasteiger partial charge in [-0.1, -0.05) is 132 Å². The van der Waals surface area contributed by atoms with Gasteiger partial charge in [0.2, 0.25) is 0 Å². The summed E-state index contributed by atoms with van der Waals surface area (Å²) in [4.78, 5) is 42.6. The van der Waals surface area contributed by atoms with Crippen molar-refractivity contribution in [3.05, 3.63) is 60.8 Å². The molecule has 2 N–H and O–H groups in total. The van der Waals surface area contributed by atoms with Crippen molar-refractivity contribution < 1.29 is 37.9 Å². The number of phosphoric ester groups is 1. The van der Waals surface area contributed by atoms with Crippen LogP contribution >= 0.6 is 7.82 Å². The maximum absolute atomic E-state index is 12.3. The van der Waals surface area contributed by atoms with Crippen LogP contribution in [0.5, 0.6) is 0 Å². The van der Waals surface area contributed by atoms with Crippen molar-refractivity contribution in [1.82, 2.24) is 0 Å². The SMILES string of the molecule is CC/C=C/C/C=C/C/C=C/CCCCCCCCC(=O)OCC(COP(=O)(O)O)OC(=O)CC/C=C/C/C=C/CCCCCCCC. The Bertz CT molecular complexity index is 947. The third kappa shape index (κ3) is 36.4. The summed E-state index contributed by atoms with van der Waals surface area (Å²) in [6, 6.07) is 0. The van der Waals surface area contributed by atoms with E-state index in [1.807, 2.05) is 12.2 Å². The number of carbonyl (C=O) groups is 2. The molecule has 0 saturated heterocycles. The molecule has 0 aliphatic rings. The predicted molar refractivity (Wildman–Crippen MR) is 193 cm³/mol. The second-order valence-corrected chi connectivity index (χ2v) is 13.0. The molecule has 0 rings (SSSR count). The number of unbranched alkanes of at least 4 members (excludes halogenated alkanes) is 12. The summed E-state index contributed by atoms with van der Waals surface area (Å²) >= 11 is 0. The molecule has 47 heavy (non-hydrogen) atoms. The fourth-order valence-corrected chi connectivity index (χ4v) is 4.98. The Hall–Kier alpha value is -2.25. The molecule has 0 aromatic carbocycles. The number of phosphoric acid groups is 1. The first kappa shape index (κ1) is 44.8. The van der Waals surface area contributed by atoms with Crippen LogP contribution < -0.4 is 0 Å². The molecule has 0 aliphatic heterocycles. The van der Waals surface area contributed by atoms with Crippen molar-refractivity contribution in [3.63, 3.8) is 0 Å². The standard InChI is InChI=1S/C38H65O8P/c1-3-5-7-9-11-13-15-17-18-19-21-22-24-26-28-30-32-37(39)44-34-36(35-45-47(41,42)43)46-38(40)33-31-29-27-25-23-20-16-14-12-10-8-6-4-2/h5,7,11,13,17-18,20,23,27,29,36H,3-4,6,8-10,12,14-16,19,21-22,24-26,28,30-35H2,1-2H3,(H2,41,42,43)/b7-5+,13-11+,18-17+,23-20+,29-27+. The summed E-state index contributed by atoms with van der Waals surface area (Å²) in [7, 11) is -4.77. The van der Waals surface area contributed by atoms with E-state index in [-0.39, 0.29) is 19.4 Å². The summed E-state index contributed by atoms with van der Waals surface area (Å²) < 4.78 is 26.2. The van der Waals surface area contributed by atoms with Crippen LogP contribution in [0.15, 0.2) is 60.8 Å². The molecule has 0 radical (unpaired) electrons. The van der Waals surface area contributed by atoms with Crippen LogP contribution in [0.1, 0.15) is 149 Å². The molecule has 1 unspecified atom stereocenters. The average molecular weight is 681 g/mol. The van der Waals surface area contributed by atoms with Crippen LogP contribution in [0.2, 0.25) is 0 Å². The van der Waals surface area contributed by atoms with Crippen molar-refractivity contribution in [1.29, 1.82) is 0 Å². The molecular formula is C38H65O8P. The molecule has 0 amide bonds. The Balaban J connectivity index is 4.09. The van der Waals surface area contributed by atoms with Gasteiger partial charge in [0.15, 0.2) is 6.10 Å². The molecule has 0 saturated carbocycles. The highest BCUT2D eigenvalue weighted by atomic mass is 31.2. The van der Waals surface area contributed by atoms with Gasteiger partial charge in [0.05, 0.1) is 6.61 Å². The van der Waals surface area contributed by atoms with Crippen molar-refractivity contribution in [2.75, 3.05) is 13.2 Å². The maximum atomic E-state index is 12.3. The normalized spacial score (nSPS) is 13.2. The fraction of sp³-hybridized carbons (Fsp3) is 0.684. The Morgan fingerprint density at radius 3 is 1.62 bits per heavy atom. The van der Waals surface area contributed by atoms with E-state index in [1.165, 1.54) is 38.5 Å². The number of esters is 2. The lowest BCUT2D eigenvalue weighted by molar-refractivity contribution is -0.161. The molecular weight excluding hydrogens is 615 g/mol. The second-order valence-electron chi connectivity index (χ2n) is 11.8. The van der Waals surface area contributed by atoms with Gasteiger partial charge in [-0.25, -0.2) is 4.57 Å². The second kappa shape index (κ2) is 33.6. The van der Waals surface area contributed by atoms with Crippen molar-refractivity contribution in [2.45, 2.75) is 155 Å². The lowest BCUT2D eigenvalue weighted by Gasteiger charge is -2.18. The summed E-state index contributed by atoms with van der Waals surface area (Å²) in [6.07, 6.45) is 41.0. The number of hydrogen-bond acceptors (Lipinski definition) is 6. The van der Waals surface area contributed by atoms with Gasteiger partial charge < -0.3 is 19.3 Å². The van der Waals surface area contributed by atoms with Crippen LogP contribution in [0.25, 0.3) is 0 Å². The third-order valence-corrected chi connectivity index (χ3v) is 7.77. The zero-order valence-electron chi connectivity index (χ0n) is 29.4. The minimum absolute atomic E-state index is 0.100. The monoisotopic (exact) mass is 680 g/mol. The van der Waals surface area contributed by atoms with Crippen LogP contribution in [-0.4, -0.2) is 41.0 Å². The number of ether oxygens (including phenoxy) is 2. The van der Waals surface area contributed by atoms with Gasteiger partial charge in [-0.3, -0.25) is 14.1 Å². The number of hydrogen-bond donors (Lipinski definition) is 2. The molecule has 0 aromatic rings. The quantitative estimate of drug-likeness (QED) is 0.0312. The predicted octanol–water partition coefficient (Wildman–Crippen LogP) is 10.6. The first-order chi connectivity index (χ1) is 22.8. The van der Waals surface area contributed by atoms with E-state index in [1.54, 1.807) is 0 Å². The molecule has 9 heteroatoms. The molecule has 1 atom stereocenters. The van der Waals surface area contributed by atoms with E-state index in [2.05, 4.69) is 67.0 Å². The highest BCUT2D eigenvalue weighted by Gasteiger charge is 2.22. The minimum Gasteiger partial charge on any atom is -0.462 e. The van der Waals surface area contributed by atoms with Crippen LogP contribution in [-0.2, 0) is 28.2 Å². The maximum Gasteiger partial charge on any atom is 0.469 e. The lowest BCUT2D eigenvalue weighted by atomic mass is 10.1. The van der Waals surface area contributed by atoms with Gasteiger partial charge in [-0.05, 0) is 64.2 Å². The first-order valence-corrected chi connectivity index (χ1v) is 19.6. The number of allylic oxidation sites excluding steroid dienone is 10. The molecule has 0 aliphatic carbocycles. The summed E-state index contributed by atoms with van der Waals surface area (Å²) in [6.45, 7) is 3.48. The summed E-state index contributed by atoms with van der Waals surface area (Å²) in [5.41, 5.74) is 0. The van der Waals surface area contributed by atoms with E-state index in [9.17, 15) is 14.2 Å². The van der Waals surface area contributed by atoms with E-state index in [0.29, 0.717) is 12.8 Å². The van der Waals surface area contributed by atoms with E-state index < -0.39 is 32.5 Å². The Morgan fingerprint density at radius 2 is 1.06 bits per heavy atom. The molecule has 0 spiro atoms. The molecule has 0 aromatic heterocycles. The zero-order valence-corrected chi connectivity index (χ0v) is 30.3. The smallest absolute Gasteiger partial charge is 0.462 e. The third-order valence-electron chi connectivity index (χ3n) is 7.28. The summed E-state index contributed by atoms with van der Waals surface area (Å²) in [5, 5.41) is 0. The number of rotatable bonds is 32. The van der Waals surface area contributed by atoms with E-state index >= 15 is 0 Å². The molecule has 270 valence electrons. The topological polar surface area (TPSA) is 119 Å². The average Bonchev–Trinajstić information content (AvgIpc) is 3.03. The van der Waals surface area contributed by atoms with Crippen molar-refractivity contribution in [2.24, 2.45) is 0 Å². The fourth-order valence-electron chi connectivity index (χ4n) is 4.61. The lowest BCUT2D eigenvalue weighted by Crippen LogP contribution is -2.29. The first-order valence-electron chi connectivity index (χ1n) is 18.1. The van der Waals surface area contributed by atoms with E-state index in [4.69, 9.17) is 19.3 Å². The van der Waals surface area contributed by atoms with Crippen LogP contribution in [0.3, 0.4) is 0 Å². The van der Waals surface area contributed by atoms with Gasteiger partial charge in [-0.2, -0.15) is 0 Å². The zero-order chi connectivity index (χ0) is 34.7. The van der Waals surface area contributed by atoms with Gasteiger partial charge in [-0.15, -0.1) is 0 Å². The largest absolute Gasteiger partial charge is 0.469 e. The van der Waals surface area contributed by atoms with Gasteiger partial charge in [0, 0.05) is 12.8 Å². The molecule has 0 heterocycles. The summed E-state index contributed by atoms with van der Waals surface area (Å²) in [5.74, 6) is -0.985. The van der Waals surface area contributed by atoms with Gasteiger partial charge in [0.1, 0.15) is 6.61 Å². The molecule has 8 nitrogen and oxygen atoms in total. The Morgan fingerprint density at radius 1 is 0.574 bits per heavy atom. The Kier molecular flexibility index (Phi) is 32.0. The molecule has 0 bridgehead atoms. The van der Waals surface area contributed by atoms with Gasteiger partial charge >= 0.3 is 19.8 Å². The van der Waals surface area contributed by atoms with E-state index in [0.717, 1.165) is 70.6 Å². The molecule has 0 fully saturated rings. The highest BCUT2D eigenvalue weighted by molar-refractivity contribution is 7.46. The van der Waals surface area contributed by atoms with Crippen molar-refractivity contribution in [3.8, 4) is 0 Å². The Labute approximate surface area is 286 Å². The van der Waals surface area contributed by atoms with Crippen LogP contribution in [0, 0.1) is 0 Å². The number of carbonyl (C=O) groups excluding carboxylic acids is 2. The highest BCUT2D eigenvalue weighted by Crippen LogP contribution is 2.35. The van der Waals surface area contributed by atoms with Crippen molar-refractivity contribution >= 4 is 19.8 Å². The van der Waals surface area contributed by atoms with Crippen LogP contribution in [0.4, 0.5) is 0 Å². The minimum atomic E-state index is -4.77. The van der Waals surface area contributed by atoms with Gasteiger partial charge in [0.25, 0.3) is 0 Å².